The predicted octanol–water partition coefficient (Wildman–Crippen LogP) is 1.60. The van der Waals surface area contributed by atoms with E-state index in [1.807, 2.05) is 36.0 Å². The molecule has 8 nitrogen and oxygen atoms in total. The Morgan fingerprint density at radius 1 is 1.29 bits per heavy atom. The maximum absolute atomic E-state index is 4.64. The maximum Gasteiger partial charge on any atom is 0.214 e. The highest BCUT2D eigenvalue weighted by Crippen LogP contribution is 2.22. The molecule has 0 aliphatic carbocycles. The van der Waals surface area contributed by atoms with Crippen LogP contribution in [-0.2, 0) is 7.05 Å². The molecule has 0 aromatic carbocycles. The molecular formula is C13H12N8. The summed E-state index contributed by atoms with van der Waals surface area (Å²) in [6, 6.07) is 3.76. The first-order valence-electron chi connectivity index (χ1n) is 6.39. The molecule has 0 unspecified atom stereocenters. The van der Waals surface area contributed by atoms with E-state index in [-0.39, 0.29) is 0 Å². The molecule has 0 saturated carbocycles. The Labute approximate surface area is 119 Å². The zero-order valence-corrected chi connectivity index (χ0v) is 11.2. The van der Waals surface area contributed by atoms with Gasteiger partial charge in [-0.15, -0.1) is 0 Å². The first-order valence-corrected chi connectivity index (χ1v) is 6.39. The molecule has 4 rings (SSSR count). The molecular weight excluding hydrogens is 268 g/mol. The molecule has 0 bridgehead atoms. The highest BCUT2D eigenvalue weighted by atomic mass is 15.3. The van der Waals surface area contributed by atoms with E-state index in [4.69, 9.17) is 0 Å². The van der Waals surface area contributed by atoms with E-state index in [9.17, 15) is 0 Å². The summed E-state index contributed by atoms with van der Waals surface area (Å²) in [5.74, 6) is 1.42. The van der Waals surface area contributed by atoms with Crippen LogP contribution in [0.25, 0.3) is 16.9 Å². The van der Waals surface area contributed by atoms with E-state index in [2.05, 4.69) is 30.6 Å². The SMILES string of the molecule is Cn1cc(-c2cc3nccn3c(Nc3ccn[nH]3)n2)cn1. The Morgan fingerprint density at radius 2 is 2.24 bits per heavy atom. The monoisotopic (exact) mass is 280 g/mol. The molecule has 21 heavy (non-hydrogen) atoms. The van der Waals surface area contributed by atoms with Crippen molar-refractivity contribution < 1.29 is 0 Å². The second-order valence-electron chi connectivity index (χ2n) is 4.62. The third-order valence-electron chi connectivity index (χ3n) is 3.14. The summed E-state index contributed by atoms with van der Waals surface area (Å²) < 4.78 is 3.62. The van der Waals surface area contributed by atoms with Crippen molar-refractivity contribution in [2.45, 2.75) is 0 Å². The molecule has 0 aliphatic rings. The molecule has 0 radical (unpaired) electrons. The lowest BCUT2D eigenvalue weighted by molar-refractivity contribution is 0.768. The number of nitrogens with zero attached hydrogens (tertiary/aromatic N) is 6. The van der Waals surface area contributed by atoms with Crippen molar-refractivity contribution in [3.8, 4) is 11.3 Å². The lowest BCUT2D eigenvalue weighted by atomic mass is 10.2. The number of fused-ring (bicyclic) bond motifs is 1. The Bertz CT molecular complexity index is 886. The van der Waals surface area contributed by atoms with Gasteiger partial charge in [0.15, 0.2) is 0 Å². The van der Waals surface area contributed by atoms with E-state index in [1.165, 1.54) is 0 Å². The molecule has 104 valence electrons. The minimum absolute atomic E-state index is 0.660. The van der Waals surface area contributed by atoms with Gasteiger partial charge >= 0.3 is 0 Å². The second kappa shape index (κ2) is 4.44. The van der Waals surface area contributed by atoms with Gasteiger partial charge in [-0.1, -0.05) is 0 Å². The van der Waals surface area contributed by atoms with Gasteiger partial charge < -0.3 is 5.32 Å². The van der Waals surface area contributed by atoms with Gasteiger partial charge in [-0.25, -0.2) is 9.97 Å². The van der Waals surface area contributed by atoms with Crippen molar-refractivity contribution in [2.75, 3.05) is 5.32 Å². The van der Waals surface area contributed by atoms with Crippen molar-refractivity contribution >= 4 is 17.4 Å². The van der Waals surface area contributed by atoms with Gasteiger partial charge in [0.05, 0.1) is 18.1 Å². The largest absolute Gasteiger partial charge is 0.310 e. The van der Waals surface area contributed by atoms with Crippen molar-refractivity contribution in [1.29, 1.82) is 0 Å². The average Bonchev–Trinajstić information content (AvgIpc) is 3.18. The van der Waals surface area contributed by atoms with Gasteiger partial charge in [0.1, 0.15) is 11.5 Å². The van der Waals surface area contributed by atoms with Gasteiger partial charge in [-0.05, 0) is 0 Å². The van der Waals surface area contributed by atoms with Crippen LogP contribution < -0.4 is 5.32 Å². The molecule has 0 saturated heterocycles. The van der Waals surface area contributed by atoms with Crippen LogP contribution in [0.15, 0.2) is 43.1 Å². The first-order chi connectivity index (χ1) is 10.3. The Balaban J connectivity index is 1.86. The van der Waals surface area contributed by atoms with Gasteiger partial charge in [0.25, 0.3) is 0 Å². The fraction of sp³-hybridized carbons (Fsp3) is 0.0769. The van der Waals surface area contributed by atoms with Crippen LogP contribution in [0.1, 0.15) is 0 Å². The standard InChI is InChI=1S/C13H12N8/c1-20-8-9(7-16-20)10-6-12-14-4-5-21(12)13(17-10)18-11-2-3-15-19-11/h2-8H,1H3,(H2,15,17,18,19). The summed E-state index contributed by atoms with van der Waals surface area (Å²) in [5.41, 5.74) is 2.56. The summed E-state index contributed by atoms with van der Waals surface area (Å²) in [6.45, 7) is 0. The number of aromatic amines is 1. The van der Waals surface area contributed by atoms with Crippen LogP contribution in [0, 0.1) is 0 Å². The van der Waals surface area contributed by atoms with Crippen LogP contribution in [0.3, 0.4) is 0 Å². The number of aryl methyl sites for hydroxylation is 1. The molecule has 4 aromatic heterocycles. The minimum Gasteiger partial charge on any atom is -0.310 e. The third-order valence-corrected chi connectivity index (χ3v) is 3.14. The van der Waals surface area contributed by atoms with Crippen molar-refractivity contribution in [1.82, 2.24) is 34.3 Å². The van der Waals surface area contributed by atoms with E-state index in [1.54, 1.807) is 23.3 Å². The number of anilines is 2. The zero-order valence-electron chi connectivity index (χ0n) is 11.2. The number of hydrogen-bond donors (Lipinski definition) is 2. The molecule has 8 heteroatoms. The van der Waals surface area contributed by atoms with E-state index < -0.39 is 0 Å². The summed E-state index contributed by atoms with van der Waals surface area (Å²) in [4.78, 5) is 8.97. The lowest BCUT2D eigenvalue weighted by Gasteiger charge is -2.08. The number of aromatic nitrogens is 7. The normalized spacial score (nSPS) is 11.1. The molecule has 0 aliphatic heterocycles. The Morgan fingerprint density at radius 3 is 3.00 bits per heavy atom. The maximum atomic E-state index is 4.64. The second-order valence-corrected chi connectivity index (χ2v) is 4.62. The van der Waals surface area contributed by atoms with Gasteiger partial charge in [-0.3, -0.25) is 14.2 Å². The first kappa shape index (κ1) is 11.6. The van der Waals surface area contributed by atoms with Gasteiger partial charge in [0.2, 0.25) is 5.95 Å². The highest BCUT2D eigenvalue weighted by molar-refractivity contribution is 5.66. The van der Waals surface area contributed by atoms with Crippen LogP contribution in [0.4, 0.5) is 11.8 Å². The highest BCUT2D eigenvalue weighted by Gasteiger charge is 2.10. The zero-order chi connectivity index (χ0) is 14.2. The molecule has 0 atom stereocenters. The third kappa shape index (κ3) is 2.02. The van der Waals surface area contributed by atoms with Crippen molar-refractivity contribution in [2.24, 2.45) is 7.05 Å². The van der Waals surface area contributed by atoms with E-state index in [0.29, 0.717) is 5.95 Å². The summed E-state index contributed by atoms with van der Waals surface area (Å²) >= 11 is 0. The summed E-state index contributed by atoms with van der Waals surface area (Å²) in [6.07, 6.45) is 8.97. The molecule has 0 spiro atoms. The lowest BCUT2D eigenvalue weighted by Crippen LogP contribution is -2.02. The fourth-order valence-electron chi connectivity index (χ4n) is 2.16. The van der Waals surface area contributed by atoms with Crippen molar-refractivity contribution in [3.05, 3.63) is 43.1 Å². The van der Waals surface area contributed by atoms with Crippen LogP contribution in [0.2, 0.25) is 0 Å². The average molecular weight is 280 g/mol. The number of rotatable bonds is 3. The van der Waals surface area contributed by atoms with Crippen LogP contribution >= 0.6 is 0 Å². The fourth-order valence-corrected chi connectivity index (χ4v) is 2.16. The predicted molar refractivity (Wildman–Crippen MR) is 77.1 cm³/mol. The minimum atomic E-state index is 0.660. The van der Waals surface area contributed by atoms with Crippen LogP contribution in [0.5, 0.6) is 0 Å². The number of nitrogens with one attached hydrogen (secondary N) is 2. The van der Waals surface area contributed by atoms with Gasteiger partial charge in [-0.2, -0.15) is 10.2 Å². The Hall–Kier alpha value is -3.16. The van der Waals surface area contributed by atoms with E-state index in [0.717, 1.165) is 22.7 Å². The smallest absolute Gasteiger partial charge is 0.214 e. The van der Waals surface area contributed by atoms with Crippen LogP contribution in [-0.4, -0.2) is 34.3 Å². The topological polar surface area (TPSA) is 88.7 Å². The molecule has 0 amide bonds. The summed E-state index contributed by atoms with van der Waals surface area (Å²) in [5, 5.41) is 14.1. The molecule has 0 fully saturated rings. The van der Waals surface area contributed by atoms with E-state index >= 15 is 0 Å². The summed E-state index contributed by atoms with van der Waals surface area (Å²) in [7, 11) is 1.88. The number of hydrogen-bond acceptors (Lipinski definition) is 5. The van der Waals surface area contributed by atoms with Gasteiger partial charge in [0, 0.05) is 43.3 Å². The number of H-pyrrole nitrogens is 1. The molecule has 4 aromatic rings. The molecule has 4 heterocycles. The Kier molecular flexibility index (Phi) is 2.46. The quantitative estimate of drug-likeness (QED) is 0.595. The van der Waals surface area contributed by atoms with Crippen molar-refractivity contribution in [3.63, 3.8) is 0 Å². The number of imidazole rings is 1. The molecule has 2 N–H and O–H groups in total.